The predicted molar refractivity (Wildman–Crippen MR) is 86.2 cm³/mol. The van der Waals surface area contributed by atoms with Crippen LogP contribution in [-0.4, -0.2) is 22.5 Å². The van der Waals surface area contributed by atoms with Gasteiger partial charge < -0.3 is 15.5 Å². The van der Waals surface area contributed by atoms with Crippen molar-refractivity contribution in [2.45, 2.75) is 36.9 Å². The summed E-state index contributed by atoms with van der Waals surface area (Å²) in [5.41, 5.74) is 8.05. The van der Waals surface area contributed by atoms with E-state index in [2.05, 4.69) is 16.6 Å². The lowest BCUT2D eigenvalue weighted by Gasteiger charge is -2.35. The minimum atomic E-state index is 0.331. The Morgan fingerprint density at radius 2 is 2.15 bits per heavy atom. The van der Waals surface area contributed by atoms with E-state index in [0.717, 1.165) is 17.6 Å². The second-order valence-corrected chi connectivity index (χ2v) is 6.82. The number of nitrogen functional groups attached to an aromatic ring is 1. The van der Waals surface area contributed by atoms with Crippen molar-refractivity contribution >= 4 is 34.6 Å². The van der Waals surface area contributed by atoms with E-state index in [1.165, 1.54) is 32.1 Å². The van der Waals surface area contributed by atoms with Gasteiger partial charge in [0.1, 0.15) is 5.52 Å². The summed E-state index contributed by atoms with van der Waals surface area (Å²) in [4.78, 5) is 4.46. The molecule has 1 aromatic carbocycles. The summed E-state index contributed by atoms with van der Waals surface area (Å²) < 4.78 is 6.05. The third-order valence-corrected chi connectivity index (χ3v) is 5.59. The molecular formula is C15H21N3OS. The fourth-order valence-electron chi connectivity index (χ4n) is 2.90. The molecule has 20 heavy (non-hydrogen) atoms. The molecule has 1 saturated carbocycles. The highest BCUT2D eigenvalue weighted by atomic mass is 32.2. The van der Waals surface area contributed by atoms with Gasteiger partial charge in [-0.1, -0.05) is 19.3 Å². The first-order chi connectivity index (χ1) is 9.71. The number of hydrogen-bond donors (Lipinski definition) is 2. The van der Waals surface area contributed by atoms with Crippen LogP contribution in [0, 0.1) is 0 Å². The van der Waals surface area contributed by atoms with Crippen LogP contribution >= 0.6 is 11.8 Å². The van der Waals surface area contributed by atoms with Crippen LogP contribution in [0.25, 0.3) is 11.1 Å². The second-order valence-electron chi connectivity index (χ2n) is 5.55. The molecule has 0 amide bonds. The van der Waals surface area contributed by atoms with Crippen molar-refractivity contribution in [3.8, 4) is 0 Å². The molecule has 1 heterocycles. The van der Waals surface area contributed by atoms with Gasteiger partial charge in [0, 0.05) is 23.0 Å². The molecule has 4 nitrogen and oxygen atoms in total. The minimum Gasteiger partial charge on any atom is -0.423 e. The van der Waals surface area contributed by atoms with Crippen LogP contribution in [0.1, 0.15) is 32.1 Å². The van der Waals surface area contributed by atoms with Crippen LogP contribution in [0.5, 0.6) is 0 Å². The number of rotatable bonds is 4. The maximum Gasteiger partial charge on any atom is 0.295 e. The second kappa shape index (κ2) is 5.56. The molecule has 3 rings (SSSR count). The van der Waals surface area contributed by atoms with E-state index in [9.17, 15) is 0 Å². The predicted octanol–water partition coefficient (Wildman–Crippen LogP) is 3.89. The average Bonchev–Trinajstić information content (AvgIpc) is 2.88. The van der Waals surface area contributed by atoms with E-state index in [0.29, 0.717) is 16.4 Å². The Balaban J connectivity index is 1.72. The first-order valence-corrected chi connectivity index (χ1v) is 8.38. The van der Waals surface area contributed by atoms with Crippen LogP contribution in [-0.2, 0) is 0 Å². The van der Waals surface area contributed by atoms with Crippen molar-refractivity contribution < 1.29 is 4.42 Å². The Kier molecular flexibility index (Phi) is 3.78. The highest BCUT2D eigenvalue weighted by Crippen LogP contribution is 2.38. The Hall–Kier alpha value is -1.36. The first-order valence-electron chi connectivity index (χ1n) is 7.16. The molecule has 0 unspecified atom stereocenters. The summed E-state index contributed by atoms with van der Waals surface area (Å²) in [5, 5.41) is 3.38. The van der Waals surface area contributed by atoms with Gasteiger partial charge in [0.15, 0.2) is 5.58 Å². The molecule has 0 saturated heterocycles. The van der Waals surface area contributed by atoms with Gasteiger partial charge in [0.25, 0.3) is 6.01 Å². The van der Waals surface area contributed by atoms with Crippen LogP contribution < -0.4 is 11.1 Å². The van der Waals surface area contributed by atoms with E-state index in [-0.39, 0.29) is 0 Å². The molecule has 0 radical (unpaired) electrons. The van der Waals surface area contributed by atoms with Crippen molar-refractivity contribution in [2.75, 3.05) is 23.9 Å². The minimum absolute atomic E-state index is 0.331. The highest BCUT2D eigenvalue weighted by Gasteiger charge is 2.31. The van der Waals surface area contributed by atoms with Gasteiger partial charge in [-0.3, -0.25) is 0 Å². The lowest BCUT2D eigenvalue weighted by atomic mass is 9.88. The maximum absolute atomic E-state index is 5.76. The monoisotopic (exact) mass is 291 g/mol. The van der Waals surface area contributed by atoms with Crippen LogP contribution in [0.4, 0.5) is 11.7 Å². The number of thioether (sulfide) groups is 1. The summed E-state index contributed by atoms with van der Waals surface area (Å²) in [5.74, 6) is 0. The third kappa shape index (κ3) is 2.73. The summed E-state index contributed by atoms with van der Waals surface area (Å²) in [6.45, 7) is 0.913. The molecule has 0 bridgehead atoms. The Morgan fingerprint density at radius 3 is 2.90 bits per heavy atom. The number of fused-ring (bicyclic) bond motifs is 1. The quantitative estimate of drug-likeness (QED) is 0.837. The zero-order valence-corrected chi connectivity index (χ0v) is 12.6. The van der Waals surface area contributed by atoms with Gasteiger partial charge in [-0.15, -0.1) is 0 Å². The van der Waals surface area contributed by atoms with E-state index >= 15 is 0 Å². The number of aromatic nitrogens is 1. The summed E-state index contributed by atoms with van der Waals surface area (Å²) >= 11 is 1.97. The van der Waals surface area contributed by atoms with E-state index in [1.807, 2.05) is 30.0 Å². The van der Waals surface area contributed by atoms with Crippen molar-refractivity contribution in [3.05, 3.63) is 18.2 Å². The molecule has 0 atom stereocenters. The molecule has 0 aliphatic heterocycles. The van der Waals surface area contributed by atoms with Crippen molar-refractivity contribution in [1.82, 2.24) is 4.98 Å². The fourth-order valence-corrected chi connectivity index (χ4v) is 3.82. The molecule has 5 heteroatoms. The number of nitrogens with two attached hydrogens (primary N) is 1. The van der Waals surface area contributed by atoms with E-state index in [1.54, 1.807) is 0 Å². The lowest BCUT2D eigenvalue weighted by molar-refractivity contribution is 0.408. The van der Waals surface area contributed by atoms with Crippen molar-refractivity contribution in [3.63, 3.8) is 0 Å². The van der Waals surface area contributed by atoms with Crippen LogP contribution in [0.2, 0.25) is 0 Å². The van der Waals surface area contributed by atoms with Crippen molar-refractivity contribution in [1.29, 1.82) is 0 Å². The van der Waals surface area contributed by atoms with Crippen LogP contribution in [0.3, 0.4) is 0 Å². The largest absolute Gasteiger partial charge is 0.423 e. The molecule has 0 spiro atoms. The summed E-state index contributed by atoms with van der Waals surface area (Å²) in [6, 6.07) is 6.16. The van der Waals surface area contributed by atoms with Gasteiger partial charge in [0.05, 0.1) is 0 Å². The normalized spacial score (nSPS) is 18.2. The van der Waals surface area contributed by atoms with E-state index < -0.39 is 0 Å². The molecule has 1 fully saturated rings. The highest BCUT2D eigenvalue weighted by molar-refractivity contribution is 8.00. The topological polar surface area (TPSA) is 64.1 Å². The molecule has 108 valence electrons. The Morgan fingerprint density at radius 1 is 1.35 bits per heavy atom. The number of oxazole rings is 1. The summed E-state index contributed by atoms with van der Waals surface area (Å²) in [7, 11) is 0. The number of nitrogens with zero attached hydrogens (tertiary/aromatic N) is 1. The van der Waals surface area contributed by atoms with Gasteiger partial charge in [-0.25, -0.2) is 0 Å². The maximum atomic E-state index is 5.76. The van der Waals surface area contributed by atoms with E-state index in [4.69, 9.17) is 10.2 Å². The SMILES string of the molecule is CSC1(CNc2nc3ccc(N)cc3o2)CCCCC1. The molecule has 3 N–H and O–H groups in total. The lowest BCUT2D eigenvalue weighted by Crippen LogP contribution is -2.35. The molecule has 1 aromatic heterocycles. The number of anilines is 2. The number of benzene rings is 1. The van der Waals surface area contributed by atoms with Crippen molar-refractivity contribution in [2.24, 2.45) is 0 Å². The standard InChI is InChI=1S/C15H21N3OS/c1-20-15(7-3-2-4-8-15)10-17-14-18-12-6-5-11(16)9-13(12)19-14/h5-6,9H,2-4,7-8,10,16H2,1H3,(H,17,18). The smallest absolute Gasteiger partial charge is 0.295 e. The molecule has 2 aromatic rings. The fraction of sp³-hybridized carbons (Fsp3) is 0.533. The molecular weight excluding hydrogens is 270 g/mol. The third-order valence-electron chi connectivity index (χ3n) is 4.17. The average molecular weight is 291 g/mol. The Labute approximate surface area is 123 Å². The molecule has 1 aliphatic rings. The van der Waals surface area contributed by atoms with Crippen LogP contribution in [0.15, 0.2) is 22.6 Å². The molecule has 1 aliphatic carbocycles. The number of nitrogens with one attached hydrogen (secondary N) is 1. The number of hydrogen-bond acceptors (Lipinski definition) is 5. The van der Waals surface area contributed by atoms with Gasteiger partial charge in [-0.2, -0.15) is 16.7 Å². The van der Waals surface area contributed by atoms with Gasteiger partial charge in [-0.05, 0) is 31.2 Å². The van der Waals surface area contributed by atoms with Gasteiger partial charge >= 0.3 is 0 Å². The Bertz CT molecular complexity index is 590. The zero-order valence-electron chi connectivity index (χ0n) is 11.8. The summed E-state index contributed by atoms with van der Waals surface area (Å²) in [6.07, 6.45) is 8.77. The zero-order chi connectivity index (χ0) is 14.0. The van der Waals surface area contributed by atoms with Gasteiger partial charge in [0.2, 0.25) is 0 Å². The first kappa shape index (κ1) is 13.6.